The standard InChI is InChI=1S/C14H20N2O5/c1-4-16(8-11(17)18)14(20)12(9(2)3)15-13(19)10-6-5-7-21-10/h5-7,9,12H,4,8H2,1-3H3,(H,15,19)(H,17,18). The summed E-state index contributed by atoms with van der Waals surface area (Å²) in [6, 6.07) is 2.26. The molecule has 1 atom stereocenters. The Hall–Kier alpha value is -2.31. The molecule has 1 rings (SSSR count). The van der Waals surface area contributed by atoms with Gasteiger partial charge in [0.1, 0.15) is 12.6 Å². The molecular weight excluding hydrogens is 276 g/mol. The summed E-state index contributed by atoms with van der Waals surface area (Å²) in [6.45, 7) is 5.10. The minimum atomic E-state index is -1.09. The van der Waals surface area contributed by atoms with Crippen molar-refractivity contribution in [3.05, 3.63) is 24.2 Å². The van der Waals surface area contributed by atoms with Crippen LogP contribution < -0.4 is 5.32 Å². The van der Waals surface area contributed by atoms with Crippen LogP contribution in [-0.2, 0) is 9.59 Å². The van der Waals surface area contributed by atoms with E-state index in [0.29, 0.717) is 0 Å². The lowest BCUT2D eigenvalue weighted by atomic mass is 10.0. The molecule has 0 saturated carbocycles. The summed E-state index contributed by atoms with van der Waals surface area (Å²) in [7, 11) is 0. The first kappa shape index (κ1) is 16.7. The first-order valence-corrected chi connectivity index (χ1v) is 6.71. The predicted octanol–water partition coefficient (Wildman–Crippen LogP) is 0.967. The number of rotatable bonds is 7. The summed E-state index contributed by atoms with van der Waals surface area (Å²) in [4.78, 5) is 36.3. The number of carbonyl (C=O) groups is 3. The van der Waals surface area contributed by atoms with E-state index >= 15 is 0 Å². The fraction of sp³-hybridized carbons (Fsp3) is 0.500. The zero-order valence-electron chi connectivity index (χ0n) is 12.3. The Balaban J connectivity index is 2.83. The number of furan rings is 1. The second kappa shape index (κ2) is 7.47. The molecule has 1 aromatic heterocycles. The third-order valence-electron chi connectivity index (χ3n) is 2.98. The zero-order chi connectivity index (χ0) is 16.0. The molecule has 1 aromatic rings. The monoisotopic (exact) mass is 296 g/mol. The van der Waals surface area contributed by atoms with Gasteiger partial charge < -0.3 is 19.7 Å². The van der Waals surface area contributed by atoms with Gasteiger partial charge in [-0.15, -0.1) is 0 Å². The van der Waals surface area contributed by atoms with E-state index in [9.17, 15) is 14.4 Å². The molecule has 0 spiro atoms. The normalized spacial score (nSPS) is 12.0. The van der Waals surface area contributed by atoms with Gasteiger partial charge in [-0.25, -0.2) is 0 Å². The highest BCUT2D eigenvalue weighted by Gasteiger charge is 2.29. The summed E-state index contributed by atoms with van der Waals surface area (Å²) >= 11 is 0. The minimum Gasteiger partial charge on any atom is -0.480 e. The molecule has 0 bridgehead atoms. The highest BCUT2D eigenvalue weighted by Crippen LogP contribution is 2.09. The predicted molar refractivity (Wildman–Crippen MR) is 74.7 cm³/mol. The molecule has 1 heterocycles. The molecule has 0 aliphatic rings. The van der Waals surface area contributed by atoms with Gasteiger partial charge in [0, 0.05) is 6.54 Å². The largest absolute Gasteiger partial charge is 0.480 e. The van der Waals surface area contributed by atoms with E-state index < -0.39 is 30.4 Å². The second-order valence-electron chi connectivity index (χ2n) is 4.92. The van der Waals surface area contributed by atoms with Crippen molar-refractivity contribution >= 4 is 17.8 Å². The molecule has 0 fully saturated rings. The highest BCUT2D eigenvalue weighted by molar-refractivity contribution is 5.96. The van der Waals surface area contributed by atoms with Gasteiger partial charge in [0.05, 0.1) is 6.26 Å². The van der Waals surface area contributed by atoms with E-state index in [4.69, 9.17) is 9.52 Å². The SMILES string of the molecule is CCN(CC(=O)O)C(=O)C(NC(=O)c1ccco1)C(C)C. The number of nitrogens with zero attached hydrogens (tertiary/aromatic N) is 1. The molecule has 0 radical (unpaired) electrons. The average Bonchev–Trinajstić information content (AvgIpc) is 2.94. The molecule has 0 saturated heterocycles. The maximum absolute atomic E-state index is 12.4. The van der Waals surface area contributed by atoms with Crippen molar-refractivity contribution in [3.63, 3.8) is 0 Å². The van der Waals surface area contributed by atoms with E-state index in [1.165, 1.54) is 17.2 Å². The van der Waals surface area contributed by atoms with Crippen molar-refractivity contribution in [1.82, 2.24) is 10.2 Å². The Morgan fingerprint density at radius 2 is 2.05 bits per heavy atom. The number of carboxylic acid groups (broad SMARTS) is 1. The third kappa shape index (κ3) is 4.62. The smallest absolute Gasteiger partial charge is 0.323 e. The number of amides is 2. The van der Waals surface area contributed by atoms with Gasteiger partial charge in [-0.2, -0.15) is 0 Å². The summed E-state index contributed by atoms with van der Waals surface area (Å²) in [5, 5.41) is 11.4. The van der Waals surface area contributed by atoms with Crippen molar-refractivity contribution in [3.8, 4) is 0 Å². The van der Waals surface area contributed by atoms with Crippen LogP contribution in [-0.4, -0.2) is 46.9 Å². The van der Waals surface area contributed by atoms with Crippen molar-refractivity contribution in [2.24, 2.45) is 5.92 Å². The Morgan fingerprint density at radius 3 is 2.48 bits per heavy atom. The number of carbonyl (C=O) groups excluding carboxylic acids is 2. The van der Waals surface area contributed by atoms with Gasteiger partial charge in [-0.3, -0.25) is 14.4 Å². The van der Waals surface area contributed by atoms with E-state index in [0.717, 1.165) is 0 Å². The molecule has 7 heteroatoms. The maximum atomic E-state index is 12.4. The lowest BCUT2D eigenvalue weighted by Crippen LogP contribution is -2.52. The zero-order valence-corrected chi connectivity index (χ0v) is 12.3. The van der Waals surface area contributed by atoms with Crippen LogP contribution in [0, 0.1) is 5.92 Å². The minimum absolute atomic E-state index is 0.106. The van der Waals surface area contributed by atoms with Crippen LogP contribution in [0.3, 0.4) is 0 Å². The topological polar surface area (TPSA) is 99.9 Å². The van der Waals surface area contributed by atoms with Crippen LogP contribution in [0.1, 0.15) is 31.3 Å². The van der Waals surface area contributed by atoms with E-state index in [1.807, 2.05) is 0 Å². The van der Waals surface area contributed by atoms with Crippen LogP contribution in [0.2, 0.25) is 0 Å². The van der Waals surface area contributed by atoms with Crippen molar-refractivity contribution in [2.75, 3.05) is 13.1 Å². The van der Waals surface area contributed by atoms with Crippen LogP contribution in [0.4, 0.5) is 0 Å². The number of nitrogens with one attached hydrogen (secondary N) is 1. The summed E-state index contributed by atoms with van der Waals surface area (Å²) in [5.41, 5.74) is 0. The molecule has 7 nitrogen and oxygen atoms in total. The lowest BCUT2D eigenvalue weighted by Gasteiger charge is -2.27. The Labute approximate surface area is 122 Å². The first-order valence-electron chi connectivity index (χ1n) is 6.71. The summed E-state index contributed by atoms with van der Waals surface area (Å²) in [6.07, 6.45) is 1.36. The van der Waals surface area contributed by atoms with Crippen molar-refractivity contribution < 1.29 is 23.9 Å². The van der Waals surface area contributed by atoms with Crippen LogP contribution in [0.15, 0.2) is 22.8 Å². The fourth-order valence-corrected chi connectivity index (χ4v) is 1.84. The van der Waals surface area contributed by atoms with E-state index in [-0.39, 0.29) is 18.2 Å². The fourth-order valence-electron chi connectivity index (χ4n) is 1.84. The Morgan fingerprint density at radius 1 is 1.38 bits per heavy atom. The number of likely N-dealkylation sites (N-methyl/N-ethyl adjacent to an activating group) is 1. The van der Waals surface area contributed by atoms with Gasteiger partial charge in [0.15, 0.2) is 5.76 Å². The van der Waals surface area contributed by atoms with Crippen molar-refractivity contribution in [2.45, 2.75) is 26.8 Å². The van der Waals surface area contributed by atoms with Gasteiger partial charge in [-0.05, 0) is 25.0 Å². The third-order valence-corrected chi connectivity index (χ3v) is 2.98. The van der Waals surface area contributed by atoms with Gasteiger partial charge >= 0.3 is 5.97 Å². The van der Waals surface area contributed by atoms with Gasteiger partial charge in [0.25, 0.3) is 5.91 Å². The molecule has 21 heavy (non-hydrogen) atoms. The molecule has 2 N–H and O–H groups in total. The van der Waals surface area contributed by atoms with Crippen LogP contribution in [0.5, 0.6) is 0 Å². The molecule has 2 amide bonds. The van der Waals surface area contributed by atoms with E-state index in [1.54, 1.807) is 26.8 Å². The number of aliphatic carboxylic acids is 1. The molecule has 1 unspecified atom stereocenters. The molecular formula is C14H20N2O5. The van der Waals surface area contributed by atoms with Gasteiger partial charge in [0.2, 0.25) is 5.91 Å². The van der Waals surface area contributed by atoms with E-state index in [2.05, 4.69) is 5.32 Å². The van der Waals surface area contributed by atoms with Crippen molar-refractivity contribution in [1.29, 1.82) is 0 Å². The van der Waals surface area contributed by atoms with Gasteiger partial charge in [-0.1, -0.05) is 13.8 Å². The highest BCUT2D eigenvalue weighted by atomic mass is 16.4. The lowest BCUT2D eigenvalue weighted by molar-refractivity contribution is -0.145. The van der Waals surface area contributed by atoms with Crippen LogP contribution >= 0.6 is 0 Å². The summed E-state index contributed by atoms with van der Waals surface area (Å²) < 4.78 is 4.98. The number of carboxylic acids is 1. The average molecular weight is 296 g/mol. The van der Waals surface area contributed by atoms with Crippen LogP contribution in [0.25, 0.3) is 0 Å². The molecule has 116 valence electrons. The molecule has 0 aliphatic heterocycles. The molecule has 0 aliphatic carbocycles. The first-order chi connectivity index (χ1) is 9.86. The molecule has 0 aromatic carbocycles. The summed E-state index contributed by atoms with van der Waals surface area (Å²) in [5.74, 6) is -2.09. The number of hydrogen-bond acceptors (Lipinski definition) is 4. The Bertz CT molecular complexity index is 495. The Kier molecular flexibility index (Phi) is 5.95. The number of hydrogen-bond donors (Lipinski definition) is 2. The second-order valence-corrected chi connectivity index (χ2v) is 4.92. The maximum Gasteiger partial charge on any atom is 0.323 e. The quantitative estimate of drug-likeness (QED) is 0.781.